The van der Waals surface area contributed by atoms with Gasteiger partial charge in [-0.05, 0) is 41.3 Å². The molecule has 30 heavy (non-hydrogen) atoms. The molecule has 0 aromatic heterocycles. The minimum atomic E-state index is -4.18. The fraction of sp³-hybridized carbons (Fsp3) is 0.136. The van der Waals surface area contributed by atoms with E-state index < -0.39 is 26.6 Å². The van der Waals surface area contributed by atoms with Gasteiger partial charge in [0.15, 0.2) is 5.75 Å². The molecule has 0 unspecified atom stereocenters. The number of ether oxygens (including phenoxy) is 1. The average molecular weight is 444 g/mol. The van der Waals surface area contributed by atoms with Crippen molar-refractivity contribution in [2.24, 2.45) is 0 Å². The maximum absolute atomic E-state index is 13.4. The highest BCUT2D eigenvalue weighted by Gasteiger charge is 2.34. The molecule has 0 saturated heterocycles. The zero-order valence-corrected chi connectivity index (χ0v) is 17.6. The number of nitrogens with zero attached hydrogens (tertiary/aromatic N) is 1. The van der Waals surface area contributed by atoms with Gasteiger partial charge in [-0.3, -0.25) is 4.31 Å². The van der Waals surface area contributed by atoms with Crippen LogP contribution in [-0.4, -0.2) is 33.1 Å². The van der Waals surface area contributed by atoms with E-state index in [9.17, 15) is 18.3 Å². The van der Waals surface area contributed by atoms with E-state index in [-0.39, 0.29) is 17.1 Å². The lowest BCUT2D eigenvalue weighted by Gasteiger charge is -2.21. The van der Waals surface area contributed by atoms with Gasteiger partial charge in [0.1, 0.15) is 4.90 Å². The molecule has 3 aromatic rings. The first-order valence-corrected chi connectivity index (χ1v) is 11.0. The van der Waals surface area contributed by atoms with Crippen LogP contribution in [0.1, 0.15) is 15.9 Å². The van der Waals surface area contributed by atoms with Crippen LogP contribution >= 0.6 is 11.6 Å². The maximum atomic E-state index is 13.4. The summed E-state index contributed by atoms with van der Waals surface area (Å²) in [4.78, 5) is 11.5. The number of rotatable bonds is 4. The van der Waals surface area contributed by atoms with E-state index in [1.807, 2.05) is 48.5 Å². The molecule has 0 spiro atoms. The quantitative estimate of drug-likeness (QED) is 0.609. The molecule has 3 aromatic carbocycles. The monoisotopic (exact) mass is 443 g/mol. The third kappa shape index (κ3) is 3.40. The number of halogens is 1. The standard InChI is InChI=1S/C22H18ClNO5S/c1-29-22(26)17-11-18(23)21(25)20(13-17)30(27,28)24-10-9-15-7-8-16(12-19(15)24)14-5-3-2-4-6-14/h2-8,11-13,25H,9-10H2,1H3. The number of phenols is 1. The van der Waals surface area contributed by atoms with E-state index in [0.29, 0.717) is 12.1 Å². The van der Waals surface area contributed by atoms with E-state index in [1.54, 1.807) is 0 Å². The Balaban J connectivity index is 1.82. The SMILES string of the molecule is COC(=O)c1cc(Cl)c(O)c(S(=O)(=O)N2CCc3ccc(-c4ccccc4)cc32)c1. The second kappa shape index (κ2) is 7.66. The van der Waals surface area contributed by atoms with Gasteiger partial charge in [0.2, 0.25) is 0 Å². The molecule has 0 bridgehead atoms. The molecule has 0 atom stereocenters. The number of carbonyl (C=O) groups excluding carboxylic acids is 1. The molecule has 1 N–H and O–H groups in total. The largest absolute Gasteiger partial charge is 0.505 e. The minimum Gasteiger partial charge on any atom is -0.505 e. The van der Waals surface area contributed by atoms with Crippen LogP contribution < -0.4 is 4.31 Å². The van der Waals surface area contributed by atoms with Crippen molar-refractivity contribution in [3.63, 3.8) is 0 Å². The number of sulfonamides is 1. The van der Waals surface area contributed by atoms with Crippen molar-refractivity contribution >= 4 is 33.3 Å². The predicted octanol–water partition coefficient (Wildman–Crippen LogP) is 4.25. The van der Waals surface area contributed by atoms with Gasteiger partial charge in [-0.2, -0.15) is 0 Å². The van der Waals surface area contributed by atoms with Crippen molar-refractivity contribution in [1.29, 1.82) is 0 Å². The van der Waals surface area contributed by atoms with E-state index in [4.69, 9.17) is 11.6 Å². The third-order valence-corrected chi connectivity index (χ3v) is 7.18. The molecule has 0 radical (unpaired) electrons. The lowest BCUT2D eigenvalue weighted by Crippen LogP contribution is -2.29. The summed E-state index contributed by atoms with van der Waals surface area (Å²) >= 11 is 6.00. The number of anilines is 1. The van der Waals surface area contributed by atoms with Crippen molar-refractivity contribution in [3.05, 3.63) is 76.8 Å². The third-order valence-electron chi connectivity index (χ3n) is 5.06. The smallest absolute Gasteiger partial charge is 0.337 e. The molecule has 6 nitrogen and oxygen atoms in total. The predicted molar refractivity (Wildman–Crippen MR) is 115 cm³/mol. The van der Waals surface area contributed by atoms with Gasteiger partial charge in [-0.15, -0.1) is 0 Å². The highest BCUT2D eigenvalue weighted by Crippen LogP contribution is 2.40. The Morgan fingerprint density at radius 2 is 1.80 bits per heavy atom. The Labute approximate surface area is 179 Å². The summed E-state index contributed by atoms with van der Waals surface area (Å²) in [7, 11) is -3.00. The van der Waals surface area contributed by atoms with Crippen LogP contribution in [0.15, 0.2) is 65.6 Å². The Hall–Kier alpha value is -3.03. The van der Waals surface area contributed by atoms with E-state index >= 15 is 0 Å². The lowest BCUT2D eigenvalue weighted by molar-refractivity contribution is 0.0600. The average Bonchev–Trinajstić information content (AvgIpc) is 3.19. The fourth-order valence-corrected chi connectivity index (χ4v) is 5.44. The van der Waals surface area contributed by atoms with Gasteiger partial charge in [0.25, 0.3) is 10.0 Å². The molecule has 0 fully saturated rings. The Kier molecular flexibility index (Phi) is 5.17. The van der Waals surface area contributed by atoms with Crippen molar-refractivity contribution in [3.8, 4) is 16.9 Å². The summed E-state index contributed by atoms with van der Waals surface area (Å²) in [5.41, 5.74) is 3.20. The van der Waals surface area contributed by atoms with Crippen molar-refractivity contribution in [2.75, 3.05) is 18.0 Å². The van der Waals surface area contributed by atoms with Gasteiger partial charge in [0, 0.05) is 6.54 Å². The van der Waals surface area contributed by atoms with E-state index in [2.05, 4.69) is 4.74 Å². The number of hydrogen-bond donors (Lipinski definition) is 1. The zero-order valence-electron chi connectivity index (χ0n) is 16.0. The molecule has 1 aliphatic heterocycles. The summed E-state index contributed by atoms with van der Waals surface area (Å²) < 4.78 is 32.8. The lowest BCUT2D eigenvalue weighted by atomic mass is 10.0. The molecule has 1 aliphatic rings. The number of carbonyl (C=O) groups is 1. The normalized spacial score (nSPS) is 13.2. The molecular formula is C22H18ClNO5S. The zero-order chi connectivity index (χ0) is 21.5. The minimum absolute atomic E-state index is 0.0590. The number of methoxy groups -OCH3 is 1. The van der Waals surface area contributed by atoms with Gasteiger partial charge < -0.3 is 9.84 Å². The molecule has 1 heterocycles. The van der Waals surface area contributed by atoms with Crippen molar-refractivity contribution < 1.29 is 23.1 Å². The first-order valence-electron chi connectivity index (χ1n) is 9.15. The summed E-state index contributed by atoms with van der Waals surface area (Å²) in [6, 6.07) is 17.6. The summed E-state index contributed by atoms with van der Waals surface area (Å²) in [6.07, 6.45) is 0.537. The van der Waals surface area contributed by atoms with Gasteiger partial charge in [-0.25, -0.2) is 13.2 Å². The van der Waals surface area contributed by atoms with Crippen molar-refractivity contribution in [1.82, 2.24) is 0 Å². The van der Waals surface area contributed by atoms with Crippen LogP contribution in [0, 0.1) is 0 Å². The summed E-state index contributed by atoms with van der Waals surface area (Å²) in [5, 5.41) is 10.1. The van der Waals surface area contributed by atoms with Crippen LogP contribution in [0.5, 0.6) is 5.75 Å². The molecule has 8 heteroatoms. The Bertz CT molecular complexity index is 1240. The molecule has 0 saturated carbocycles. The van der Waals surface area contributed by atoms with Crippen molar-refractivity contribution in [2.45, 2.75) is 11.3 Å². The highest BCUT2D eigenvalue weighted by molar-refractivity contribution is 7.93. The summed E-state index contributed by atoms with van der Waals surface area (Å²) in [5.74, 6) is -1.35. The van der Waals surface area contributed by atoms with Gasteiger partial charge in [0.05, 0.1) is 23.4 Å². The van der Waals surface area contributed by atoms with Crippen LogP contribution in [0.4, 0.5) is 5.69 Å². The van der Waals surface area contributed by atoms with Crippen LogP contribution in [0.25, 0.3) is 11.1 Å². The van der Waals surface area contributed by atoms with Gasteiger partial charge >= 0.3 is 5.97 Å². The number of hydrogen-bond acceptors (Lipinski definition) is 5. The number of phenolic OH excluding ortho intramolecular Hbond substituents is 1. The molecule has 154 valence electrons. The number of aromatic hydroxyl groups is 1. The first-order chi connectivity index (χ1) is 14.3. The first kappa shape index (κ1) is 20.3. The molecule has 4 rings (SSSR count). The second-order valence-electron chi connectivity index (χ2n) is 6.83. The highest BCUT2D eigenvalue weighted by atomic mass is 35.5. The molecule has 0 aliphatic carbocycles. The summed E-state index contributed by atoms with van der Waals surface area (Å²) in [6.45, 7) is 0.218. The molecule has 0 amide bonds. The maximum Gasteiger partial charge on any atom is 0.337 e. The number of benzene rings is 3. The molecular weight excluding hydrogens is 426 g/mol. The Morgan fingerprint density at radius 1 is 1.07 bits per heavy atom. The fourth-order valence-electron chi connectivity index (χ4n) is 3.53. The Morgan fingerprint density at radius 3 is 2.50 bits per heavy atom. The van der Waals surface area contributed by atoms with Gasteiger partial charge in [-0.1, -0.05) is 54.1 Å². The number of esters is 1. The topological polar surface area (TPSA) is 83.9 Å². The van der Waals surface area contributed by atoms with Crippen LogP contribution in [0.3, 0.4) is 0 Å². The number of fused-ring (bicyclic) bond motifs is 1. The van der Waals surface area contributed by atoms with E-state index in [0.717, 1.165) is 22.8 Å². The van der Waals surface area contributed by atoms with Crippen LogP contribution in [-0.2, 0) is 21.2 Å². The van der Waals surface area contributed by atoms with Crippen LogP contribution in [0.2, 0.25) is 5.02 Å². The van der Waals surface area contributed by atoms with E-state index in [1.165, 1.54) is 17.5 Å². The second-order valence-corrected chi connectivity index (χ2v) is 9.07.